The number of halogens is 2. The average molecular weight is 410 g/mol. The lowest BCUT2D eigenvalue weighted by Gasteiger charge is -2.34. The van der Waals surface area contributed by atoms with E-state index in [1.165, 1.54) is 10.6 Å². The van der Waals surface area contributed by atoms with E-state index in [0.29, 0.717) is 13.1 Å². The molecule has 0 aliphatic carbocycles. The highest BCUT2D eigenvalue weighted by molar-refractivity contribution is 7.89. The van der Waals surface area contributed by atoms with Gasteiger partial charge in [-0.1, -0.05) is 0 Å². The van der Waals surface area contributed by atoms with Crippen LogP contribution >= 0.6 is 11.3 Å². The third kappa shape index (κ3) is 3.28. The van der Waals surface area contributed by atoms with Crippen LogP contribution in [0.1, 0.15) is 4.88 Å². The average Bonchev–Trinajstić information content (AvgIpc) is 3.04. The minimum absolute atomic E-state index is 0.160. The second-order valence-corrected chi connectivity index (χ2v) is 9.38. The molecule has 0 unspecified atom stereocenters. The highest BCUT2D eigenvalue weighted by atomic mass is 32.2. The van der Waals surface area contributed by atoms with Crippen molar-refractivity contribution in [1.82, 2.24) is 14.3 Å². The van der Waals surface area contributed by atoms with Gasteiger partial charge in [0.1, 0.15) is 33.5 Å². The zero-order chi connectivity index (χ0) is 19.2. The number of hydrogen-bond donors (Lipinski definition) is 0. The summed E-state index contributed by atoms with van der Waals surface area (Å²) in [6.07, 6.45) is 1.50. The molecule has 4 rings (SSSR count). The smallest absolute Gasteiger partial charge is 0.246 e. The molecular formula is C17H16F2N4O2S2. The highest BCUT2D eigenvalue weighted by Gasteiger charge is 2.31. The van der Waals surface area contributed by atoms with Crippen LogP contribution in [0.4, 0.5) is 14.6 Å². The van der Waals surface area contributed by atoms with E-state index < -0.39 is 26.6 Å². The molecule has 3 heterocycles. The van der Waals surface area contributed by atoms with E-state index in [1.807, 2.05) is 17.9 Å². The van der Waals surface area contributed by atoms with Gasteiger partial charge >= 0.3 is 0 Å². The van der Waals surface area contributed by atoms with Gasteiger partial charge in [-0.3, -0.25) is 0 Å². The Bertz CT molecular complexity index is 1110. The van der Waals surface area contributed by atoms with Crippen LogP contribution in [0.15, 0.2) is 35.5 Å². The second kappa shape index (κ2) is 6.77. The fraction of sp³-hybridized carbons (Fsp3) is 0.294. The van der Waals surface area contributed by atoms with Gasteiger partial charge in [-0.05, 0) is 31.2 Å². The van der Waals surface area contributed by atoms with Crippen LogP contribution in [0.2, 0.25) is 0 Å². The van der Waals surface area contributed by atoms with Gasteiger partial charge in [-0.2, -0.15) is 4.31 Å². The van der Waals surface area contributed by atoms with Gasteiger partial charge in [-0.25, -0.2) is 27.2 Å². The minimum atomic E-state index is -4.10. The number of fused-ring (bicyclic) bond motifs is 1. The Hall–Kier alpha value is -2.17. The molecule has 27 heavy (non-hydrogen) atoms. The van der Waals surface area contributed by atoms with Gasteiger partial charge in [0.2, 0.25) is 10.0 Å². The summed E-state index contributed by atoms with van der Waals surface area (Å²) in [5.41, 5.74) is 0. The number of rotatable bonds is 3. The molecule has 142 valence electrons. The molecule has 0 saturated carbocycles. The highest BCUT2D eigenvalue weighted by Crippen LogP contribution is 2.31. The molecule has 0 spiro atoms. The van der Waals surface area contributed by atoms with E-state index in [9.17, 15) is 17.2 Å². The number of sulfonamides is 1. The van der Waals surface area contributed by atoms with Gasteiger partial charge < -0.3 is 4.90 Å². The standard InChI is InChI=1S/C17H16F2N4O2S2/c1-11-8-13-16(20-10-21-17(13)26-11)22-4-6-23(7-5-22)27(24,25)15-9-12(18)2-3-14(15)19/h2-3,8-10H,4-7H2,1H3. The second-order valence-electron chi connectivity index (χ2n) is 6.24. The molecule has 10 heteroatoms. The number of aromatic nitrogens is 2. The predicted octanol–water partition coefficient (Wildman–Crippen LogP) is 2.79. The molecule has 3 aromatic rings. The van der Waals surface area contributed by atoms with Crippen LogP contribution < -0.4 is 4.90 Å². The summed E-state index contributed by atoms with van der Waals surface area (Å²) in [4.78, 5) is 12.0. The molecule has 1 aromatic carbocycles. The van der Waals surface area contributed by atoms with Crippen molar-refractivity contribution in [3.63, 3.8) is 0 Å². The summed E-state index contributed by atoms with van der Waals surface area (Å²) in [6, 6.07) is 4.46. The molecule has 2 aromatic heterocycles. The Morgan fingerprint density at radius 1 is 1.07 bits per heavy atom. The number of aryl methyl sites for hydroxylation is 1. The Labute approximate surface area is 159 Å². The van der Waals surface area contributed by atoms with Crippen LogP contribution in [0.3, 0.4) is 0 Å². The summed E-state index contributed by atoms with van der Waals surface area (Å²) < 4.78 is 53.9. The molecule has 0 radical (unpaired) electrons. The van der Waals surface area contributed by atoms with Gasteiger partial charge in [0.05, 0.1) is 5.39 Å². The molecule has 0 atom stereocenters. The lowest BCUT2D eigenvalue weighted by molar-refractivity contribution is 0.381. The molecule has 6 nitrogen and oxygen atoms in total. The topological polar surface area (TPSA) is 66.4 Å². The van der Waals surface area contributed by atoms with Gasteiger partial charge in [0.25, 0.3) is 0 Å². The maximum absolute atomic E-state index is 13.9. The largest absolute Gasteiger partial charge is 0.353 e. The van der Waals surface area contributed by atoms with E-state index >= 15 is 0 Å². The van der Waals surface area contributed by atoms with Gasteiger partial charge in [0, 0.05) is 31.1 Å². The van der Waals surface area contributed by atoms with E-state index in [0.717, 1.165) is 39.1 Å². The van der Waals surface area contributed by atoms with E-state index in [4.69, 9.17) is 0 Å². The van der Waals surface area contributed by atoms with E-state index in [-0.39, 0.29) is 13.1 Å². The molecule has 1 aliphatic rings. The first-order chi connectivity index (χ1) is 12.9. The third-order valence-electron chi connectivity index (χ3n) is 4.48. The monoisotopic (exact) mass is 410 g/mol. The van der Waals surface area contributed by atoms with Crippen molar-refractivity contribution < 1.29 is 17.2 Å². The maximum Gasteiger partial charge on any atom is 0.246 e. The molecular weight excluding hydrogens is 394 g/mol. The summed E-state index contributed by atoms with van der Waals surface area (Å²) in [5.74, 6) is -0.978. The fourth-order valence-corrected chi connectivity index (χ4v) is 5.51. The summed E-state index contributed by atoms with van der Waals surface area (Å²) in [6.45, 7) is 3.11. The predicted molar refractivity (Wildman–Crippen MR) is 99.5 cm³/mol. The SMILES string of the molecule is Cc1cc2c(N3CCN(S(=O)(=O)c4cc(F)ccc4F)CC3)ncnc2s1. The lowest BCUT2D eigenvalue weighted by atomic mass is 10.3. The maximum atomic E-state index is 13.9. The lowest BCUT2D eigenvalue weighted by Crippen LogP contribution is -2.49. The Balaban J connectivity index is 1.57. The van der Waals surface area contributed by atoms with Crippen LogP contribution in [0, 0.1) is 18.6 Å². The first-order valence-corrected chi connectivity index (χ1v) is 10.5. The van der Waals surface area contributed by atoms with Gasteiger partial charge in [-0.15, -0.1) is 11.3 Å². The zero-order valence-electron chi connectivity index (χ0n) is 14.4. The summed E-state index contributed by atoms with van der Waals surface area (Å²) in [5, 5.41) is 0.937. The minimum Gasteiger partial charge on any atom is -0.353 e. The van der Waals surface area contributed by atoms with Crippen molar-refractivity contribution in [2.45, 2.75) is 11.8 Å². The van der Waals surface area contributed by atoms with E-state index in [1.54, 1.807) is 11.3 Å². The number of thiophene rings is 1. The molecule has 1 aliphatic heterocycles. The normalized spacial score (nSPS) is 16.2. The van der Waals surface area contributed by atoms with Crippen molar-refractivity contribution in [2.24, 2.45) is 0 Å². The van der Waals surface area contributed by atoms with Crippen molar-refractivity contribution in [2.75, 3.05) is 31.1 Å². The summed E-state index contributed by atoms with van der Waals surface area (Å²) in [7, 11) is -4.10. The molecule has 1 saturated heterocycles. The molecule has 0 N–H and O–H groups in total. The van der Waals surface area contributed by atoms with Crippen LogP contribution in [-0.4, -0.2) is 48.9 Å². The van der Waals surface area contributed by atoms with Crippen LogP contribution in [-0.2, 0) is 10.0 Å². The quantitative estimate of drug-likeness (QED) is 0.664. The number of hydrogen-bond acceptors (Lipinski definition) is 6. The number of piperazine rings is 1. The van der Waals surface area contributed by atoms with Crippen molar-refractivity contribution >= 4 is 37.4 Å². The number of nitrogens with zero attached hydrogens (tertiary/aromatic N) is 4. The van der Waals surface area contributed by atoms with Crippen molar-refractivity contribution in [3.05, 3.63) is 47.1 Å². The van der Waals surface area contributed by atoms with Crippen LogP contribution in [0.25, 0.3) is 10.2 Å². The fourth-order valence-electron chi connectivity index (χ4n) is 3.17. The molecule has 0 amide bonds. The zero-order valence-corrected chi connectivity index (χ0v) is 16.0. The Morgan fingerprint density at radius 2 is 1.81 bits per heavy atom. The van der Waals surface area contributed by atoms with Gasteiger partial charge in [0.15, 0.2) is 0 Å². The Morgan fingerprint density at radius 3 is 2.56 bits per heavy atom. The van der Waals surface area contributed by atoms with Crippen molar-refractivity contribution in [3.8, 4) is 0 Å². The Kier molecular flexibility index (Phi) is 4.57. The van der Waals surface area contributed by atoms with Crippen LogP contribution in [0.5, 0.6) is 0 Å². The number of benzene rings is 1. The summed E-state index contributed by atoms with van der Waals surface area (Å²) >= 11 is 1.57. The van der Waals surface area contributed by atoms with E-state index in [2.05, 4.69) is 9.97 Å². The molecule has 1 fully saturated rings. The third-order valence-corrected chi connectivity index (χ3v) is 7.35. The van der Waals surface area contributed by atoms with Crippen molar-refractivity contribution in [1.29, 1.82) is 0 Å². The number of anilines is 1. The first kappa shape index (κ1) is 18.2. The molecule has 0 bridgehead atoms. The first-order valence-electron chi connectivity index (χ1n) is 8.27.